The number of hydrogen-bond donors (Lipinski definition) is 3. The molecule has 0 aromatic carbocycles. The number of hydrogen-bond acceptors (Lipinski definition) is 5. The zero-order chi connectivity index (χ0) is 18.4. The van der Waals surface area contributed by atoms with E-state index in [9.17, 15) is 9.59 Å². The van der Waals surface area contributed by atoms with Gasteiger partial charge in [-0.15, -0.1) is 35.3 Å². The number of nitrogens with one attached hydrogen (secondary N) is 3. The Labute approximate surface area is 180 Å². The SMILES string of the molecule is CN=C(NCCN1C(=O)CNC1=O)NCC(c1cccs1)N1CCCC1.I. The number of halogens is 1. The lowest BCUT2D eigenvalue weighted by Crippen LogP contribution is -2.45. The van der Waals surface area contributed by atoms with Crippen molar-refractivity contribution >= 4 is 53.2 Å². The predicted molar refractivity (Wildman–Crippen MR) is 118 cm³/mol. The van der Waals surface area contributed by atoms with Gasteiger partial charge in [-0.3, -0.25) is 19.6 Å². The van der Waals surface area contributed by atoms with E-state index < -0.39 is 0 Å². The van der Waals surface area contributed by atoms with E-state index in [1.54, 1.807) is 18.4 Å². The molecule has 0 bridgehead atoms. The first-order chi connectivity index (χ1) is 12.7. The Bertz CT molecular complexity index is 632. The molecule has 0 spiro atoms. The predicted octanol–water partition coefficient (Wildman–Crippen LogP) is 1.22. The van der Waals surface area contributed by atoms with Crippen LogP contribution in [-0.2, 0) is 4.79 Å². The van der Waals surface area contributed by atoms with Crippen LogP contribution in [0.25, 0.3) is 0 Å². The molecule has 1 aromatic heterocycles. The van der Waals surface area contributed by atoms with Gasteiger partial charge in [-0.2, -0.15) is 0 Å². The molecule has 2 aliphatic rings. The van der Waals surface area contributed by atoms with E-state index in [4.69, 9.17) is 0 Å². The molecule has 3 N–H and O–H groups in total. The molecule has 27 heavy (non-hydrogen) atoms. The second kappa shape index (κ2) is 10.8. The number of amides is 3. The fraction of sp³-hybridized carbons (Fsp3) is 0.588. The fourth-order valence-electron chi connectivity index (χ4n) is 3.33. The number of urea groups is 1. The number of likely N-dealkylation sites (tertiary alicyclic amines) is 1. The van der Waals surface area contributed by atoms with Crippen LogP contribution in [0.5, 0.6) is 0 Å². The van der Waals surface area contributed by atoms with Crippen molar-refractivity contribution in [2.24, 2.45) is 4.99 Å². The Morgan fingerprint density at radius 2 is 2.11 bits per heavy atom. The first-order valence-corrected chi connectivity index (χ1v) is 9.87. The average molecular weight is 506 g/mol. The van der Waals surface area contributed by atoms with Crippen LogP contribution in [0.3, 0.4) is 0 Å². The number of rotatable bonds is 7. The van der Waals surface area contributed by atoms with Crippen LogP contribution in [0, 0.1) is 0 Å². The van der Waals surface area contributed by atoms with Crippen LogP contribution < -0.4 is 16.0 Å². The van der Waals surface area contributed by atoms with Gasteiger partial charge < -0.3 is 16.0 Å². The summed E-state index contributed by atoms with van der Waals surface area (Å²) in [5.41, 5.74) is 0. The van der Waals surface area contributed by atoms with Crippen LogP contribution in [0.2, 0.25) is 0 Å². The molecule has 3 rings (SSSR count). The minimum atomic E-state index is -0.327. The topological polar surface area (TPSA) is 89.1 Å². The lowest BCUT2D eigenvalue weighted by Gasteiger charge is -2.27. The number of aliphatic imine (C=N–C) groups is 1. The molecule has 2 aliphatic heterocycles. The highest BCUT2D eigenvalue weighted by molar-refractivity contribution is 14.0. The van der Waals surface area contributed by atoms with Gasteiger partial charge in [-0.1, -0.05) is 6.07 Å². The van der Waals surface area contributed by atoms with E-state index in [0.717, 1.165) is 19.6 Å². The Kier molecular flexibility index (Phi) is 8.77. The van der Waals surface area contributed by atoms with Crippen molar-refractivity contribution in [2.45, 2.75) is 18.9 Å². The van der Waals surface area contributed by atoms with Crippen molar-refractivity contribution in [2.75, 3.05) is 46.3 Å². The average Bonchev–Trinajstić information content (AvgIpc) is 3.39. The molecule has 0 saturated carbocycles. The highest BCUT2D eigenvalue weighted by atomic mass is 127. The summed E-state index contributed by atoms with van der Waals surface area (Å²) in [6, 6.07) is 4.28. The van der Waals surface area contributed by atoms with Crippen molar-refractivity contribution in [1.29, 1.82) is 0 Å². The van der Waals surface area contributed by atoms with Gasteiger partial charge in [0.2, 0.25) is 5.91 Å². The Balaban J connectivity index is 0.00000261. The molecular weight excluding hydrogens is 479 g/mol. The van der Waals surface area contributed by atoms with Gasteiger partial charge in [0.15, 0.2) is 5.96 Å². The maximum atomic E-state index is 11.6. The van der Waals surface area contributed by atoms with Crippen molar-refractivity contribution in [3.63, 3.8) is 0 Å². The van der Waals surface area contributed by atoms with E-state index in [1.165, 1.54) is 22.6 Å². The van der Waals surface area contributed by atoms with E-state index in [1.807, 2.05) is 0 Å². The minimum Gasteiger partial charge on any atom is -0.355 e. The van der Waals surface area contributed by atoms with Gasteiger partial charge in [-0.25, -0.2) is 4.79 Å². The van der Waals surface area contributed by atoms with Crippen LogP contribution >= 0.6 is 35.3 Å². The second-order valence-electron chi connectivity index (χ2n) is 6.36. The van der Waals surface area contributed by atoms with E-state index in [0.29, 0.717) is 25.1 Å². The van der Waals surface area contributed by atoms with Gasteiger partial charge in [0, 0.05) is 31.6 Å². The summed E-state index contributed by atoms with van der Waals surface area (Å²) >= 11 is 1.78. The van der Waals surface area contributed by atoms with Gasteiger partial charge in [0.1, 0.15) is 0 Å². The standard InChI is InChI=1S/C17H26N6O2S.HI/c1-18-16(19-6-9-23-15(24)12-21-17(23)25)20-11-13(14-5-4-10-26-14)22-7-2-3-8-22;/h4-5,10,13H,2-3,6-9,11-12H2,1H3,(H,21,25)(H2,18,19,20);1H. The molecule has 150 valence electrons. The summed E-state index contributed by atoms with van der Waals surface area (Å²) in [5, 5.41) is 11.2. The lowest BCUT2D eigenvalue weighted by atomic mass is 10.2. The van der Waals surface area contributed by atoms with E-state index in [2.05, 4.69) is 43.4 Å². The number of guanidine groups is 1. The first-order valence-electron chi connectivity index (χ1n) is 8.99. The Morgan fingerprint density at radius 1 is 1.33 bits per heavy atom. The van der Waals surface area contributed by atoms with Crippen LogP contribution in [0.15, 0.2) is 22.5 Å². The maximum Gasteiger partial charge on any atom is 0.324 e. The fourth-order valence-corrected chi connectivity index (χ4v) is 4.19. The third-order valence-electron chi connectivity index (χ3n) is 4.70. The maximum absolute atomic E-state index is 11.6. The number of carbonyl (C=O) groups is 2. The zero-order valence-electron chi connectivity index (χ0n) is 15.4. The summed E-state index contributed by atoms with van der Waals surface area (Å²) in [6.07, 6.45) is 2.50. The van der Waals surface area contributed by atoms with Gasteiger partial charge in [0.05, 0.1) is 12.6 Å². The van der Waals surface area contributed by atoms with E-state index >= 15 is 0 Å². The van der Waals surface area contributed by atoms with Gasteiger partial charge in [0.25, 0.3) is 0 Å². The van der Waals surface area contributed by atoms with Crippen molar-refractivity contribution in [3.8, 4) is 0 Å². The molecule has 2 saturated heterocycles. The summed E-state index contributed by atoms with van der Waals surface area (Å²) in [6.45, 7) is 3.90. The van der Waals surface area contributed by atoms with Gasteiger partial charge in [-0.05, 0) is 37.4 Å². The molecular formula is C17H27IN6O2S. The van der Waals surface area contributed by atoms with E-state index in [-0.39, 0.29) is 42.5 Å². The summed E-state index contributed by atoms with van der Waals surface area (Å²) in [5.74, 6) is 0.490. The second-order valence-corrected chi connectivity index (χ2v) is 7.34. The third-order valence-corrected chi connectivity index (χ3v) is 5.68. The molecule has 1 unspecified atom stereocenters. The highest BCUT2D eigenvalue weighted by Gasteiger charge is 2.28. The summed E-state index contributed by atoms with van der Waals surface area (Å²) in [7, 11) is 1.72. The van der Waals surface area contributed by atoms with Crippen molar-refractivity contribution in [1.82, 2.24) is 25.8 Å². The number of carbonyl (C=O) groups excluding carboxylic acids is 2. The Hall–Kier alpha value is -1.40. The quantitative estimate of drug-likeness (QED) is 0.224. The van der Waals surface area contributed by atoms with Crippen LogP contribution in [0.1, 0.15) is 23.8 Å². The van der Waals surface area contributed by atoms with Crippen LogP contribution in [0.4, 0.5) is 4.79 Å². The summed E-state index contributed by atoms with van der Waals surface area (Å²) < 4.78 is 0. The molecule has 0 radical (unpaired) electrons. The van der Waals surface area contributed by atoms with Crippen molar-refractivity contribution in [3.05, 3.63) is 22.4 Å². The highest BCUT2D eigenvalue weighted by Crippen LogP contribution is 2.27. The van der Waals surface area contributed by atoms with Gasteiger partial charge >= 0.3 is 6.03 Å². The molecule has 10 heteroatoms. The number of imide groups is 1. The van der Waals surface area contributed by atoms with Crippen LogP contribution in [-0.4, -0.2) is 74.0 Å². The monoisotopic (exact) mass is 506 g/mol. The largest absolute Gasteiger partial charge is 0.355 e. The summed E-state index contributed by atoms with van der Waals surface area (Å²) in [4.78, 5) is 32.5. The lowest BCUT2D eigenvalue weighted by molar-refractivity contribution is -0.124. The minimum absolute atomic E-state index is 0. The normalized spacial score (nSPS) is 19.0. The first kappa shape index (κ1) is 21.9. The zero-order valence-corrected chi connectivity index (χ0v) is 18.6. The molecule has 3 amide bonds. The third kappa shape index (κ3) is 5.79. The molecule has 1 aromatic rings. The molecule has 2 fully saturated rings. The van der Waals surface area contributed by atoms with Crippen molar-refractivity contribution < 1.29 is 9.59 Å². The number of thiophene rings is 1. The molecule has 8 nitrogen and oxygen atoms in total. The number of nitrogens with zero attached hydrogens (tertiary/aromatic N) is 3. The molecule has 1 atom stereocenters. The Morgan fingerprint density at radius 3 is 2.70 bits per heavy atom. The molecule has 3 heterocycles. The molecule has 0 aliphatic carbocycles. The smallest absolute Gasteiger partial charge is 0.324 e.